The number of thiophene rings is 1. The van der Waals surface area contributed by atoms with Crippen LogP contribution >= 0.6 is 11.3 Å². The molecule has 0 aliphatic heterocycles. The van der Waals surface area contributed by atoms with Crippen LogP contribution in [0.2, 0.25) is 0 Å². The maximum absolute atomic E-state index is 11.1. The van der Waals surface area contributed by atoms with Crippen LogP contribution < -0.4 is 4.74 Å². The Hall–Kier alpha value is -2.66. The van der Waals surface area contributed by atoms with E-state index in [1.165, 1.54) is 0 Å². The Labute approximate surface area is 130 Å². The number of fused-ring (bicyclic) bond motifs is 2. The second kappa shape index (κ2) is 4.96. The first-order valence-electron chi connectivity index (χ1n) is 6.74. The largest absolute Gasteiger partial charge is 0.460 e. The van der Waals surface area contributed by atoms with Crippen LogP contribution in [0, 0.1) is 6.92 Å². The zero-order valence-electron chi connectivity index (χ0n) is 11.7. The van der Waals surface area contributed by atoms with Gasteiger partial charge >= 0.3 is 0 Å². The number of aromatic nitrogens is 1. The lowest BCUT2D eigenvalue weighted by Gasteiger charge is -2.06. The van der Waals surface area contributed by atoms with E-state index in [1.807, 2.05) is 29.6 Å². The summed E-state index contributed by atoms with van der Waals surface area (Å²) in [5, 5.41) is 2.79. The standard InChI is InChI=1S/C17H11NO3S/c1-10-13(9-19)12-3-2-11(8-16(12)20-10)21-15-4-6-18-14-5-7-22-17(14)15/h2-9H,1H3. The summed E-state index contributed by atoms with van der Waals surface area (Å²) in [5.74, 6) is 2.05. The van der Waals surface area contributed by atoms with Crippen LogP contribution in [0.3, 0.4) is 0 Å². The Morgan fingerprint density at radius 2 is 2.18 bits per heavy atom. The maximum atomic E-state index is 11.1. The average molecular weight is 309 g/mol. The lowest BCUT2D eigenvalue weighted by Crippen LogP contribution is -1.85. The van der Waals surface area contributed by atoms with Gasteiger partial charge in [-0.2, -0.15) is 0 Å². The number of rotatable bonds is 3. The van der Waals surface area contributed by atoms with Crippen LogP contribution in [-0.2, 0) is 0 Å². The SMILES string of the molecule is Cc1oc2cc(Oc3ccnc4ccsc34)ccc2c1C=O. The van der Waals surface area contributed by atoms with Gasteiger partial charge in [0, 0.05) is 23.7 Å². The fourth-order valence-corrected chi connectivity index (χ4v) is 3.29. The van der Waals surface area contributed by atoms with Gasteiger partial charge < -0.3 is 9.15 Å². The predicted octanol–water partition coefficient (Wildman–Crippen LogP) is 4.96. The van der Waals surface area contributed by atoms with Crippen molar-refractivity contribution in [2.75, 3.05) is 0 Å². The first-order chi connectivity index (χ1) is 10.8. The normalized spacial score (nSPS) is 11.1. The van der Waals surface area contributed by atoms with E-state index in [0.29, 0.717) is 22.7 Å². The quantitative estimate of drug-likeness (QED) is 0.502. The monoisotopic (exact) mass is 309 g/mol. The molecule has 3 aromatic heterocycles. The van der Waals surface area contributed by atoms with E-state index in [2.05, 4.69) is 4.98 Å². The van der Waals surface area contributed by atoms with Gasteiger partial charge in [-0.1, -0.05) is 0 Å². The Bertz CT molecular complexity index is 1000. The molecular formula is C17H11NO3S. The van der Waals surface area contributed by atoms with Gasteiger partial charge in [0.05, 0.1) is 15.8 Å². The van der Waals surface area contributed by atoms with Crippen molar-refractivity contribution in [2.24, 2.45) is 0 Å². The molecule has 0 bridgehead atoms. The van der Waals surface area contributed by atoms with E-state index < -0.39 is 0 Å². The Morgan fingerprint density at radius 3 is 3.05 bits per heavy atom. The van der Waals surface area contributed by atoms with Crippen molar-refractivity contribution in [3.8, 4) is 11.5 Å². The third-order valence-corrected chi connectivity index (χ3v) is 4.46. The van der Waals surface area contributed by atoms with Gasteiger partial charge in [0.1, 0.15) is 22.8 Å². The topological polar surface area (TPSA) is 52.3 Å². The van der Waals surface area contributed by atoms with E-state index in [9.17, 15) is 4.79 Å². The minimum Gasteiger partial charge on any atom is -0.460 e. The average Bonchev–Trinajstić information content (AvgIpc) is 3.10. The van der Waals surface area contributed by atoms with Crippen molar-refractivity contribution < 1.29 is 13.9 Å². The summed E-state index contributed by atoms with van der Waals surface area (Å²) in [7, 11) is 0. The molecule has 0 saturated carbocycles. The third-order valence-electron chi connectivity index (χ3n) is 3.54. The maximum Gasteiger partial charge on any atom is 0.154 e. The highest BCUT2D eigenvalue weighted by Crippen LogP contribution is 2.34. The van der Waals surface area contributed by atoms with Crippen molar-refractivity contribution in [2.45, 2.75) is 6.92 Å². The fourth-order valence-electron chi connectivity index (χ4n) is 2.49. The van der Waals surface area contributed by atoms with Crippen molar-refractivity contribution in [1.29, 1.82) is 0 Å². The van der Waals surface area contributed by atoms with E-state index >= 15 is 0 Å². The highest BCUT2D eigenvalue weighted by Gasteiger charge is 2.12. The van der Waals surface area contributed by atoms with Crippen molar-refractivity contribution >= 4 is 38.8 Å². The van der Waals surface area contributed by atoms with Gasteiger partial charge in [-0.15, -0.1) is 11.3 Å². The smallest absolute Gasteiger partial charge is 0.154 e. The van der Waals surface area contributed by atoms with Gasteiger partial charge in [0.25, 0.3) is 0 Å². The number of carbonyl (C=O) groups excluding carboxylic acids is 1. The van der Waals surface area contributed by atoms with Gasteiger partial charge in [-0.25, -0.2) is 0 Å². The van der Waals surface area contributed by atoms with Gasteiger partial charge in [0.2, 0.25) is 0 Å². The third kappa shape index (κ3) is 1.98. The minimum absolute atomic E-state index is 0.589. The number of nitrogens with zero attached hydrogens (tertiary/aromatic N) is 1. The van der Waals surface area contributed by atoms with E-state index in [0.717, 1.165) is 27.6 Å². The number of carbonyl (C=O) groups is 1. The molecule has 1 aromatic carbocycles. The summed E-state index contributed by atoms with van der Waals surface area (Å²) in [6.45, 7) is 1.78. The molecule has 3 heterocycles. The molecule has 0 aliphatic rings. The lowest BCUT2D eigenvalue weighted by molar-refractivity contribution is 0.112. The van der Waals surface area contributed by atoms with Crippen LogP contribution in [0.15, 0.2) is 46.3 Å². The zero-order chi connectivity index (χ0) is 15.1. The molecule has 0 N–H and O–H groups in total. The Morgan fingerprint density at radius 1 is 1.27 bits per heavy atom. The van der Waals surface area contributed by atoms with Gasteiger partial charge in [-0.3, -0.25) is 9.78 Å². The summed E-state index contributed by atoms with van der Waals surface area (Å²) >= 11 is 1.59. The molecule has 22 heavy (non-hydrogen) atoms. The van der Waals surface area contributed by atoms with Gasteiger partial charge in [0.15, 0.2) is 6.29 Å². The molecule has 0 saturated heterocycles. The molecule has 0 unspecified atom stereocenters. The van der Waals surface area contributed by atoms with Crippen molar-refractivity contribution in [1.82, 2.24) is 4.98 Å². The second-order valence-electron chi connectivity index (χ2n) is 4.89. The molecule has 108 valence electrons. The molecule has 0 spiro atoms. The number of ether oxygens (including phenoxy) is 1. The molecule has 0 radical (unpaired) electrons. The van der Waals surface area contributed by atoms with Crippen molar-refractivity contribution in [3.63, 3.8) is 0 Å². The van der Waals surface area contributed by atoms with E-state index in [4.69, 9.17) is 9.15 Å². The van der Waals surface area contributed by atoms with Crippen LogP contribution in [-0.4, -0.2) is 11.3 Å². The zero-order valence-corrected chi connectivity index (χ0v) is 12.5. The molecule has 0 aliphatic carbocycles. The number of aldehydes is 1. The summed E-state index contributed by atoms with van der Waals surface area (Å²) < 4.78 is 12.6. The van der Waals surface area contributed by atoms with Gasteiger partial charge in [-0.05, 0) is 30.5 Å². The molecule has 4 nitrogen and oxygen atoms in total. The Kier molecular flexibility index (Phi) is 2.94. The summed E-state index contributed by atoms with van der Waals surface area (Å²) in [4.78, 5) is 15.4. The number of hydrogen-bond donors (Lipinski definition) is 0. The first kappa shape index (κ1) is 13.0. The highest BCUT2D eigenvalue weighted by molar-refractivity contribution is 7.17. The van der Waals surface area contributed by atoms with E-state index in [-0.39, 0.29) is 0 Å². The van der Waals surface area contributed by atoms with Crippen LogP contribution in [0.25, 0.3) is 21.2 Å². The molecule has 5 heteroatoms. The lowest BCUT2D eigenvalue weighted by atomic mass is 10.1. The molecule has 4 aromatic rings. The number of benzene rings is 1. The van der Waals surface area contributed by atoms with Crippen LogP contribution in [0.1, 0.15) is 16.1 Å². The summed E-state index contributed by atoms with van der Waals surface area (Å²) in [5.41, 5.74) is 2.15. The number of pyridine rings is 1. The first-order valence-corrected chi connectivity index (χ1v) is 7.62. The van der Waals surface area contributed by atoms with Crippen LogP contribution in [0.5, 0.6) is 11.5 Å². The second-order valence-corrected chi connectivity index (χ2v) is 5.81. The minimum atomic E-state index is 0.589. The number of aryl methyl sites for hydroxylation is 1. The van der Waals surface area contributed by atoms with Crippen LogP contribution in [0.4, 0.5) is 0 Å². The molecule has 0 fully saturated rings. The predicted molar refractivity (Wildman–Crippen MR) is 86.0 cm³/mol. The Balaban J connectivity index is 1.78. The van der Waals surface area contributed by atoms with E-state index in [1.54, 1.807) is 30.5 Å². The molecule has 0 amide bonds. The number of furan rings is 1. The molecular weight excluding hydrogens is 298 g/mol. The van der Waals surface area contributed by atoms with Crippen molar-refractivity contribution in [3.05, 3.63) is 53.2 Å². The number of hydrogen-bond acceptors (Lipinski definition) is 5. The highest BCUT2D eigenvalue weighted by atomic mass is 32.1. The molecule has 0 atom stereocenters. The fraction of sp³-hybridized carbons (Fsp3) is 0.0588. The summed E-state index contributed by atoms with van der Waals surface area (Å²) in [6.07, 6.45) is 2.55. The summed E-state index contributed by atoms with van der Waals surface area (Å²) in [6, 6.07) is 9.28. The molecule has 4 rings (SSSR count).